The monoisotopic (exact) mass is 421 g/mol. The molecule has 1 atom stereocenters. The number of para-hydroxylation sites is 1. The van der Waals surface area contributed by atoms with E-state index in [4.69, 9.17) is 18.6 Å². The highest BCUT2D eigenvalue weighted by atomic mass is 16.5. The predicted molar refractivity (Wildman–Crippen MR) is 114 cm³/mol. The third kappa shape index (κ3) is 4.15. The Kier molecular flexibility index (Phi) is 5.99. The van der Waals surface area contributed by atoms with Gasteiger partial charge in [0.1, 0.15) is 11.6 Å². The Morgan fingerprint density at radius 1 is 1.13 bits per heavy atom. The number of furan rings is 2. The van der Waals surface area contributed by atoms with E-state index in [1.165, 1.54) is 6.26 Å². The van der Waals surface area contributed by atoms with Crippen LogP contribution in [0.25, 0.3) is 10.9 Å². The van der Waals surface area contributed by atoms with Crippen LogP contribution in [0, 0.1) is 0 Å². The van der Waals surface area contributed by atoms with Crippen LogP contribution in [0.3, 0.4) is 0 Å². The van der Waals surface area contributed by atoms with Crippen molar-refractivity contribution in [1.82, 2.24) is 14.5 Å². The van der Waals surface area contributed by atoms with Crippen LogP contribution in [-0.4, -0.2) is 34.1 Å². The van der Waals surface area contributed by atoms with Gasteiger partial charge in [-0.25, -0.2) is 4.98 Å². The molecule has 0 aliphatic carbocycles. The minimum Gasteiger partial charge on any atom is -0.467 e. The van der Waals surface area contributed by atoms with E-state index >= 15 is 0 Å². The Labute approximate surface area is 178 Å². The summed E-state index contributed by atoms with van der Waals surface area (Å²) in [5, 5.41) is 0.518. The maximum absolute atomic E-state index is 13.3. The zero-order valence-corrected chi connectivity index (χ0v) is 17.4. The third-order valence-electron chi connectivity index (χ3n) is 5.15. The van der Waals surface area contributed by atoms with Crippen LogP contribution >= 0.6 is 0 Å². The number of rotatable bonds is 8. The van der Waals surface area contributed by atoms with E-state index in [9.17, 15) is 9.59 Å². The van der Waals surface area contributed by atoms with E-state index in [1.54, 1.807) is 65.3 Å². The SMILES string of the molecule is COCCn1c(C(C)N(Cc2ccco2)C(=O)c2ccco2)nc2ccccc2c1=O. The van der Waals surface area contributed by atoms with Gasteiger partial charge in [-0.3, -0.25) is 14.2 Å². The minimum absolute atomic E-state index is 0.173. The summed E-state index contributed by atoms with van der Waals surface area (Å²) in [6.07, 6.45) is 3.00. The second-order valence-corrected chi connectivity index (χ2v) is 7.10. The number of aromatic nitrogens is 2. The summed E-state index contributed by atoms with van der Waals surface area (Å²) < 4.78 is 17.6. The largest absolute Gasteiger partial charge is 0.467 e. The lowest BCUT2D eigenvalue weighted by Gasteiger charge is -2.29. The molecule has 1 amide bonds. The molecule has 0 spiro atoms. The summed E-state index contributed by atoms with van der Waals surface area (Å²) >= 11 is 0. The van der Waals surface area contributed by atoms with Crippen molar-refractivity contribution in [3.8, 4) is 0 Å². The molecular formula is C23H23N3O5. The van der Waals surface area contributed by atoms with E-state index in [-0.39, 0.29) is 23.8 Å². The molecule has 3 aromatic heterocycles. The highest BCUT2D eigenvalue weighted by Gasteiger charge is 2.29. The Morgan fingerprint density at radius 2 is 1.90 bits per heavy atom. The van der Waals surface area contributed by atoms with E-state index in [0.717, 1.165) is 0 Å². The van der Waals surface area contributed by atoms with Crippen molar-refractivity contribution < 1.29 is 18.4 Å². The molecule has 0 saturated carbocycles. The summed E-state index contributed by atoms with van der Waals surface area (Å²) in [5.74, 6) is 0.949. The van der Waals surface area contributed by atoms with Crippen LogP contribution in [0.2, 0.25) is 0 Å². The van der Waals surface area contributed by atoms with Crippen LogP contribution in [-0.2, 0) is 17.8 Å². The van der Waals surface area contributed by atoms with Crippen molar-refractivity contribution in [3.63, 3.8) is 0 Å². The Balaban J connectivity index is 1.82. The fraction of sp³-hybridized carbons (Fsp3) is 0.261. The lowest BCUT2D eigenvalue weighted by Crippen LogP contribution is -2.37. The molecule has 4 aromatic rings. The van der Waals surface area contributed by atoms with E-state index in [1.807, 2.05) is 13.0 Å². The first-order valence-electron chi connectivity index (χ1n) is 9.95. The number of benzene rings is 1. The first-order valence-corrected chi connectivity index (χ1v) is 9.95. The number of carbonyl (C=O) groups is 1. The highest BCUT2D eigenvalue weighted by Crippen LogP contribution is 2.25. The van der Waals surface area contributed by atoms with Gasteiger partial charge in [0.15, 0.2) is 5.76 Å². The van der Waals surface area contributed by atoms with Crippen molar-refractivity contribution in [1.29, 1.82) is 0 Å². The average Bonchev–Trinajstić information content (AvgIpc) is 3.50. The molecule has 3 heterocycles. The number of hydrogen-bond acceptors (Lipinski definition) is 6. The number of nitrogens with zero attached hydrogens (tertiary/aromatic N) is 3. The molecular weight excluding hydrogens is 398 g/mol. The Hall–Kier alpha value is -3.65. The van der Waals surface area contributed by atoms with E-state index in [0.29, 0.717) is 35.6 Å². The smallest absolute Gasteiger partial charge is 0.290 e. The van der Waals surface area contributed by atoms with Gasteiger partial charge in [0, 0.05) is 7.11 Å². The summed E-state index contributed by atoms with van der Waals surface area (Å²) in [4.78, 5) is 32.8. The van der Waals surface area contributed by atoms with Gasteiger partial charge >= 0.3 is 0 Å². The molecule has 0 aliphatic heterocycles. The summed E-state index contributed by atoms with van der Waals surface area (Å²) in [7, 11) is 1.58. The topological polar surface area (TPSA) is 90.7 Å². The molecule has 31 heavy (non-hydrogen) atoms. The fourth-order valence-corrected chi connectivity index (χ4v) is 3.54. The van der Waals surface area contributed by atoms with Gasteiger partial charge in [-0.1, -0.05) is 12.1 Å². The molecule has 0 bridgehead atoms. The highest BCUT2D eigenvalue weighted by molar-refractivity contribution is 5.91. The van der Waals surface area contributed by atoms with E-state index < -0.39 is 6.04 Å². The molecule has 0 radical (unpaired) electrons. The molecule has 4 rings (SSSR count). The number of carbonyl (C=O) groups excluding carboxylic acids is 1. The molecule has 0 aliphatic rings. The first-order chi connectivity index (χ1) is 15.1. The quantitative estimate of drug-likeness (QED) is 0.431. The summed E-state index contributed by atoms with van der Waals surface area (Å²) in [6, 6.07) is 13.4. The maximum atomic E-state index is 13.3. The zero-order chi connectivity index (χ0) is 21.8. The predicted octanol–water partition coefficient (Wildman–Crippen LogP) is 3.63. The summed E-state index contributed by atoms with van der Waals surface area (Å²) in [5.41, 5.74) is 0.402. The molecule has 1 aromatic carbocycles. The molecule has 160 valence electrons. The zero-order valence-electron chi connectivity index (χ0n) is 17.4. The molecule has 0 N–H and O–H groups in total. The number of ether oxygens (including phenoxy) is 1. The van der Waals surface area contributed by atoms with Gasteiger partial charge in [0.05, 0.1) is 49.2 Å². The lowest BCUT2D eigenvalue weighted by atomic mass is 10.2. The van der Waals surface area contributed by atoms with Gasteiger partial charge in [-0.15, -0.1) is 0 Å². The maximum Gasteiger partial charge on any atom is 0.290 e. The number of fused-ring (bicyclic) bond motifs is 1. The van der Waals surface area contributed by atoms with E-state index in [2.05, 4.69) is 0 Å². The first kappa shape index (κ1) is 20.6. The van der Waals surface area contributed by atoms with Gasteiger partial charge in [-0.05, 0) is 43.3 Å². The Morgan fingerprint density at radius 3 is 2.61 bits per heavy atom. The van der Waals surface area contributed by atoms with Crippen molar-refractivity contribution in [2.24, 2.45) is 0 Å². The number of hydrogen-bond donors (Lipinski definition) is 0. The van der Waals surface area contributed by atoms with Crippen LogP contribution in [0.4, 0.5) is 0 Å². The van der Waals surface area contributed by atoms with Gasteiger partial charge in [0.2, 0.25) is 0 Å². The third-order valence-corrected chi connectivity index (χ3v) is 5.15. The second kappa shape index (κ2) is 9.01. The number of amides is 1. The van der Waals surface area contributed by atoms with Gasteiger partial charge in [0.25, 0.3) is 11.5 Å². The van der Waals surface area contributed by atoms with Crippen LogP contribution in [0.5, 0.6) is 0 Å². The molecule has 0 fully saturated rings. The van der Waals surface area contributed by atoms with Crippen molar-refractivity contribution >= 4 is 16.8 Å². The van der Waals surface area contributed by atoms with Crippen LogP contribution in [0.15, 0.2) is 74.7 Å². The van der Waals surface area contributed by atoms with Gasteiger partial charge in [-0.2, -0.15) is 0 Å². The summed E-state index contributed by atoms with van der Waals surface area (Å²) in [6.45, 7) is 2.69. The van der Waals surface area contributed by atoms with Crippen LogP contribution < -0.4 is 5.56 Å². The standard InChI is InChI=1S/C23H23N3O5/c1-16(26(15-17-7-5-12-30-17)23(28)20-10-6-13-31-20)21-24-19-9-4-3-8-18(19)22(27)25(21)11-14-29-2/h3-10,12-13,16H,11,14-15H2,1-2H3. The van der Waals surface area contributed by atoms with Crippen molar-refractivity contribution in [3.05, 3.63) is 88.8 Å². The minimum atomic E-state index is -0.545. The lowest BCUT2D eigenvalue weighted by molar-refractivity contribution is 0.0611. The normalized spacial score (nSPS) is 12.2. The fourth-order valence-electron chi connectivity index (χ4n) is 3.54. The van der Waals surface area contributed by atoms with Gasteiger partial charge < -0.3 is 18.5 Å². The molecule has 8 nitrogen and oxygen atoms in total. The Bertz CT molecular complexity index is 1210. The van der Waals surface area contributed by atoms with Crippen molar-refractivity contribution in [2.45, 2.75) is 26.1 Å². The molecule has 1 unspecified atom stereocenters. The molecule has 0 saturated heterocycles. The number of methoxy groups -OCH3 is 1. The van der Waals surface area contributed by atoms with Crippen molar-refractivity contribution in [2.75, 3.05) is 13.7 Å². The molecule has 8 heteroatoms. The second-order valence-electron chi connectivity index (χ2n) is 7.10. The average molecular weight is 421 g/mol. The van der Waals surface area contributed by atoms with Crippen LogP contribution in [0.1, 0.15) is 35.1 Å².